The number of ketones is 1. The summed E-state index contributed by atoms with van der Waals surface area (Å²) in [7, 11) is 0. The summed E-state index contributed by atoms with van der Waals surface area (Å²) in [5.74, 6) is -6.48. The quantitative estimate of drug-likeness (QED) is 0.621. The molecule has 0 saturated heterocycles. The fourth-order valence-electron chi connectivity index (χ4n) is 1.73. The second-order valence-corrected chi connectivity index (χ2v) is 4.34. The summed E-state index contributed by atoms with van der Waals surface area (Å²) in [6.07, 6.45) is -5.38. The molecule has 2 nitrogen and oxygen atoms in total. The molecule has 0 unspecified atom stereocenters. The lowest BCUT2D eigenvalue weighted by Gasteiger charge is -2.12. The van der Waals surface area contributed by atoms with Crippen LogP contribution in [0, 0.1) is 11.6 Å². The van der Waals surface area contributed by atoms with E-state index in [2.05, 4.69) is 0 Å². The van der Waals surface area contributed by atoms with E-state index < -0.39 is 34.9 Å². The lowest BCUT2D eigenvalue weighted by molar-refractivity contribution is -0.0890. The largest absolute Gasteiger partial charge is 0.486 e. The van der Waals surface area contributed by atoms with Crippen LogP contribution in [0.3, 0.4) is 0 Å². The number of halogens is 5. The Balaban J connectivity index is 2.29. The van der Waals surface area contributed by atoms with Gasteiger partial charge in [0.15, 0.2) is 11.6 Å². The fraction of sp³-hybridized carbons (Fsp3) is 0.133. The number of Topliss-reactive ketones (excluding diaryl/α,β-unsaturated/α-hetero) is 1. The van der Waals surface area contributed by atoms with Crippen molar-refractivity contribution in [2.24, 2.45) is 0 Å². The summed E-state index contributed by atoms with van der Waals surface area (Å²) in [5, 5.41) is 0. The van der Waals surface area contributed by atoms with Crippen LogP contribution in [0.5, 0.6) is 5.75 Å². The van der Waals surface area contributed by atoms with Crippen molar-refractivity contribution >= 4 is 5.78 Å². The van der Waals surface area contributed by atoms with Crippen LogP contribution in [0.4, 0.5) is 22.0 Å². The maximum atomic E-state index is 13.9. The van der Waals surface area contributed by atoms with Gasteiger partial charge in [-0.15, -0.1) is 0 Å². The molecule has 0 aliphatic heterocycles. The highest BCUT2D eigenvalue weighted by molar-refractivity contribution is 6.01. The molecule has 0 atom stereocenters. The van der Waals surface area contributed by atoms with Crippen LogP contribution in [-0.2, 0) is 6.61 Å². The van der Waals surface area contributed by atoms with E-state index in [0.717, 1.165) is 6.07 Å². The van der Waals surface area contributed by atoms with Crippen molar-refractivity contribution in [2.45, 2.75) is 12.8 Å². The molecule has 22 heavy (non-hydrogen) atoms. The molecule has 0 N–H and O–H groups in total. The highest BCUT2D eigenvalue weighted by Crippen LogP contribution is 2.29. The maximum absolute atomic E-state index is 13.9. The minimum absolute atomic E-state index is 0.136. The molecule has 0 saturated carbocycles. The molecular weight excluding hydrogens is 307 g/mol. The molecule has 0 heterocycles. The molecule has 2 aromatic rings. The predicted molar refractivity (Wildman–Crippen MR) is 67.5 cm³/mol. The topological polar surface area (TPSA) is 26.3 Å². The summed E-state index contributed by atoms with van der Waals surface area (Å²) >= 11 is 0. The normalized spacial score (nSPS) is 11.3. The molecule has 0 spiro atoms. The molecule has 0 amide bonds. The van der Waals surface area contributed by atoms with Gasteiger partial charge in [0.05, 0.1) is 0 Å². The van der Waals surface area contributed by atoms with E-state index in [1.165, 1.54) is 0 Å². The molecule has 0 aliphatic carbocycles. The van der Waals surface area contributed by atoms with E-state index in [1.54, 1.807) is 30.3 Å². The zero-order valence-electron chi connectivity index (χ0n) is 11.0. The molecule has 2 aromatic carbocycles. The first kappa shape index (κ1) is 15.9. The molecule has 0 aromatic heterocycles. The monoisotopic (exact) mass is 316 g/mol. The maximum Gasteiger partial charge on any atom is 0.455 e. The number of carbonyl (C=O) groups is 1. The number of carbonyl (C=O) groups excluding carboxylic acids is 1. The Morgan fingerprint density at radius 3 is 2.23 bits per heavy atom. The standard InChI is InChI=1S/C15H9F5O2/c16-10-6-7-11(22-8-9-4-2-1-3-5-9)13(17)12(10)14(21)15(18,19)20/h1-7H,8H2. The van der Waals surface area contributed by atoms with Gasteiger partial charge in [-0.2, -0.15) is 13.2 Å². The van der Waals surface area contributed by atoms with E-state index in [1.807, 2.05) is 0 Å². The van der Waals surface area contributed by atoms with E-state index in [4.69, 9.17) is 4.74 Å². The number of hydrogen-bond donors (Lipinski definition) is 0. The number of rotatable bonds is 4. The van der Waals surface area contributed by atoms with Crippen molar-refractivity contribution in [1.29, 1.82) is 0 Å². The molecule has 0 fully saturated rings. The average molecular weight is 316 g/mol. The summed E-state index contributed by atoms with van der Waals surface area (Å²) in [4.78, 5) is 11.1. The van der Waals surface area contributed by atoms with Crippen molar-refractivity contribution in [2.75, 3.05) is 0 Å². The summed E-state index contributed by atoms with van der Waals surface area (Å²) in [6.45, 7) is -0.136. The molecule has 7 heteroatoms. The zero-order chi connectivity index (χ0) is 16.3. The van der Waals surface area contributed by atoms with Crippen LogP contribution < -0.4 is 4.74 Å². The molecular formula is C15H9F5O2. The summed E-state index contributed by atoms with van der Waals surface area (Å²) in [5.41, 5.74) is -1.03. The smallest absolute Gasteiger partial charge is 0.455 e. The zero-order valence-corrected chi connectivity index (χ0v) is 11.0. The minimum Gasteiger partial charge on any atom is -0.486 e. The number of benzene rings is 2. The Morgan fingerprint density at radius 2 is 1.64 bits per heavy atom. The van der Waals surface area contributed by atoms with E-state index >= 15 is 0 Å². The molecule has 0 aliphatic rings. The Morgan fingerprint density at radius 1 is 1.00 bits per heavy atom. The third kappa shape index (κ3) is 3.41. The van der Waals surface area contributed by atoms with Gasteiger partial charge in [0.2, 0.25) is 0 Å². The van der Waals surface area contributed by atoms with Gasteiger partial charge in [-0.25, -0.2) is 8.78 Å². The fourth-order valence-corrected chi connectivity index (χ4v) is 1.73. The van der Waals surface area contributed by atoms with Crippen LogP contribution in [0.15, 0.2) is 42.5 Å². The Kier molecular flexibility index (Phi) is 4.44. The third-order valence-electron chi connectivity index (χ3n) is 2.78. The van der Waals surface area contributed by atoms with E-state index in [-0.39, 0.29) is 6.61 Å². The van der Waals surface area contributed by atoms with Gasteiger partial charge in [-0.1, -0.05) is 30.3 Å². The first-order valence-corrected chi connectivity index (χ1v) is 6.07. The Hall–Kier alpha value is -2.44. The van der Waals surface area contributed by atoms with Crippen LogP contribution >= 0.6 is 0 Å². The van der Waals surface area contributed by atoms with Crippen LogP contribution in [0.25, 0.3) is 0 Å². The van der Waals surface area contributed by atoms with Gasteiger partial charge >= 0.3 is 6.18 Å². The van der Waals surface area contributed by atoms with E-state index in [9.17, 15) is 26.7 Å². The second-order valence-electron chi connectivity index (χ2n) is 4.34. The third-order valence-corrected chi connectivity index (χ3v) is 2.78. The predicted octanol–water partition coefficient (Wildman–Crippen LogP) is 4.29. The second kappa shape index (κ2) is 6.13. The number of hydrogen-bond acceptors (Lipinski definition) is 2. The average Bonchev–Trinajstić information content (AvgIpc) is 2.46. The Bertz CT molecular complexity index is 680. The van der Waals surface area contributed by atoms with Gasteiger partial charge in [-0.3, -0.25) is 4.79 Å². The van der Waals surface area contributed by atoms with Crippen LogP contribution in [0.1, 0.15) is 15.9 Å². The van der Waals surface area contributed by atoms with Gasteiger partial charge in [0.1, 0.15) is 18.0 Å². The first-order valence-electron chi connectivity index (χ1n) is 6.07. The highest BCUT2D eigenvalue weighted by Gasteiger charge is 2.43. The summed E-state index contributed by atoms with van der Waals surface area (Å²) < 4.78 is 69.4. The Labute approximate surface area is 122 Å². The lowest BCUT2D eigenvalue weighted by Crippen LogP contribution is -2.25. The van der Waals surface area contributed by atoms with E-state index in [0.29, 0.717) is 11.6 Å². The molecule has 2 rings (SSSR count). The van der Waals surface area contributed by atoms with Gasteiger partial charge in [0.25, 0.3) is 5.78 Å². The minimum atomic E-state index is -5.38. The van der Waals surface area contributed by atoms with Gasteiger partial charge < -0.3 is 4.74 Å². The van der Waals surface area contributed by atoms with Crippen molar-refractivity contribution in [3.05, 3.63) is 65.2 Å². The first-order chi connectivity index (χ1) is 10.3. The van der Waals surface area contributed by atoms with Crippen molar-refractivity contribution < 1.29 is 31.5 Å². The lowest BCUT2D eigenvalue weighted by atomic mass is 10.1. The highest BCUT2D eigenvalue weighted by atomic mass is 19.4. The van der Waals surface area contributed by atoms with Gasteiger partial charge in [-0.05, 0) is 17.7 Å². The van der Waals surface area contributed by atoms with Crippen molar-refractivity contribution in [3.63, 3.8) is 0 Å². The molecule has 0 radical (unpaired) electrons. The van der Waals surface area contributed by atoms with Gasteiger partial charge in [0, 0.05) is 0 Å². The number of ether oxygens (including phenoxy) is 1. The summed E-state index contributed by atoms with van der Waals surface area (Å²) in [6, 6.07) is 9.83. The van der Waals surface area contributed by atoms with Crippen molar-refractivity contribution in [3.8, 4) is 5.75 Å². The van der Waals surface area contributed by atoms with Crippen molar-refractivity contribution in [1.82, 2.24) is 0 Å². The SMILES string of the molecule is O=C(c1c(F)ccc(OCc2ccccc2)c1F)C(F)(F)F. The molecule has 116 valence electrons. The molecule has 0 bridgehead atoms. The van der Waals surface area contributed by atoms with Crippen LogP contribution in [-0.4, -0.2) is 12.0 Å². The number of alkyl halides is 3. The van der Waals surface area contributed by atoms with Crippen LogP contribution in [0.2, 0.25) is 0 Å².